The molecule has 3 N–H and O–H groups in total. The van der Waals surface area contributed by atoms with Gasteiger partial charge in [0.25, 0.3) is 5.91 Å². The number of hydrogen-bond donors (Lipinski definition) is 2. The molecule has 0 aliphatic rings. The smallest absolute Gasteiger partial charge is 0.439 e. The van der Waals surface area contributed by atoms with Crippen molar-refractivity contribution in [3.05, 3.63) is 60.2 Å². The molecular weight excluding hydrogens is 447 g/mol. The fourth-order valence-electron chi connectivity index (χ4n) is 3.11. The number of nitrogens with zero attached hydrogens (tertiary/aromatic N) is 2. The second-order valence-corrected chi connectivity index (χ2v) is 9.84. The van der Waals surface area contributed by atoms with Gasteiger partial charge in [0, 0.05) is 18.8 Å². The molecule has 0 aliphatic heterocycles. The van der Waals surface area contributed by atoms with Gasteiger partial charge in [-0.25, -0.2) is 9.78 Å². The molecule has 0 spiro atoms. The van der Waals surface area contributed by atoms with Crippen LogP contribution in [-0.4, -0.2) is 53.0 Å². The van der Waals surface area contributed by atoms with Crippen molar-refractivity contribution in [3.8, 4) is 0 Å². The van der Waals surface area contributed by atoms with Crippen LogP contribution in [0.2, 0.25) is 0 Å². The molecule has 0 radical (unpaired) electrons. The number of aromatic nitrogens is 2. The zero-order chi connectivity index (χ0) is 26.1. The average molecular weight is 484 g/mol. The molecule has 1 aromatic carbocycles. The summed E-state index contributed by atoms with van der Waals surface area (Å²) in [7, 11) is -0.0429. The second-order valence-electron chi connectivity index (χ2n) is 9.84. The quantitative estimate of drug-likeness (QED) is 0.252. The molecule has 9 nitrogen and oxygen atoms in total. The molecule has 2 rings (SSSR count). The molecule has 0 fully saturated rings. The lowest BCUT2D eigenvalue weighted by molar-refractivity contribution is -0.180. The summed E-state index contributed by atoms with van der Waals surface area (Å²) in [6.07, 6.45) is 4.73. The van der Waals surface area contributed by atoms with E-state index in [1.165, 1.54) is 18.6 Å². The van der Waals surface area contributed by atoms with Crippen molar-refractivity contribution in [2.45, 2.75) is 77.9 Å². The summed E-state index contributed by atoms with van der Waals surface area (Å²) in [6, 6.07) is 8.43. The largest absolute Gasteiger partial charge is 0.455 e. The summed E-state index contributed by atoms with van der Waals surface area (Å²) >= 11 is 0. The number of nitrogens with two attached hydrogens (primary N) is 1. The number of ether oxygens (including phenoxy) is 1. The molecule has 0 saturated heterocycles. The maximum atomic E-state index is 13.3. The second kappa shape index (κ2) is 12.8. The van der Waals surface area contributed by atoms with Gasteiger partial charge < -0.3 is 25.1 Å². The Bertz CT molecular complexity index is 941. The highest BCUT2D eigenvalue weighted by Crippen LogP contribution is 2.29. The fraction of sp³-hybridized carbons (Fsp3) is 0.520. The molecule has 1 amide bonds. The monoisotopic (exact) mass is 484 g/mol. The maximum Gasteiger partial charge on any atom is 0.439 e. The van der Waals surface area contributed by atoms with Crippen LogP contribution in [0.5, 0.6) is 0 Å². The van der Waals surface area contributed by atoms with Gasteiger partial charge in [0.15, 0.2) is 0 Å². The number of carbonyl (C=O) groups excluding carboxylic acids is 2. The summed E-state index contributed by atoms with van der Waals surface area (Å²) in [5, 5.41) is 2.73. The number of carbonyl (C=O) groups is 2. The molecule has 0 aliphatic carbocycles. The van der Waals surface area contributed by atoms with Crippen LogP contribution in [0.25, 0.3) is 0 Å². The van der Waals surface area contributed by atoms with Crippen LogP contribution >= 0.6 is 0 Å². The van der Waals surface area contributed by atoms with Crippen molar-refractivity contribution in [2.75, 3.05) is 0 Å². The third kappa shape index (κ3) is 9.05. The number of esters is 1. The number of amides is 1. The molecule has 2 atom stereocenters. The minimum absolute atomic E-state index is 0.0429. The summed E-state index contributed by atoms with van der Waals surface area (Å²) in [4.78, 5) is 33.9. The van der Waals surface area contributed by atoms with Crippen molar-refractivity contribution in [1.29, 1.82) is 0 Å². The van der Waals surface area contributed by atoms with Gasteiger partial charge >= 0.3 is 13.7 Å². The number of rotatable bonds is 13. The van der Waals surface area contributed by atoms with E-state index in [9.17, 15) is 9.59 Å². The topological polar surface area (TPSA) is 126 Å². The van der Waals surface area contributed by atoms with Crippen LogP contribution < -0.4 is 11.1 Å². The fourth-order valence-corrected chi connectivity index (χ4v) is 3.11. The van der Waals surface area contributed by atoms with Gasteiger partial charge in [0.05, 0.1) is 18.0 Å². The Labute approximate surface area is 208 Å². The average Bonchev–Trinajstić information content (AvgIpc) is 2.78. The van der Waals surface area contributed by atoms with Crippen molar-refractivity contribution in [2.24, 2.45) is 11.7 Å². The Kier molecular flexibility index (Phi) is 10.4. The van der Waals surface area contributed by atoms with E-state index in [0.29, 0.717) is 12.3 Å². The standard InChI is InChI=1S/C25H37BN4O5/c1-17(2)14-21(27)34-26-35-25(5,6)24(3,4)33-23(32)19(15-18-10-8-7-9-11-18)30-22(31)20-16-28-12-13-29-20/h7-13,16-17,19,21,26H,14-15,27H2,1-6H3,(H,30,31)/t19-,21+/m0/s1. The molecule has 0 saturated carbocycles. The maximum absolute atomic E-state index is 13.3. The van der Waals surface area contributed by atoms with Crippen LogP contribution in [0.3, 0.4) is 0 Å². The van der Waals surface area contributed by atoms with E-state index in [-0.39, 0.29) is 19.8 Å². The van der Waals surface area contributed by atoms with Crippen LogP contribution in [0, 0.1) is 5.92 Å². The van der Waals surface area contributed by atoms with Crippen molar-refractivity contribution >= 4 is 19.6 Å². The first-order chi connectivity index (χ1) is 16.4. The summed E-state index contributed by atoms with van der Waals surface area (Å²) in [5.41, 5.74) is 4.98. The summed E-state index contributed by atoms with van der Waals surface area (Å²) in [6.45, 7) is 11.2. The zero-order valence-electron chi connectivity index (χ0n) is 21.5. The molecule has 35 heavy (non-hydrogen) atoms. The summed E-state index contributed by atoms with van der Waals surface area (Å²) < 4.78 is 17.4. The van der Waals surface area contributed by atoms with Gasteiger partial charge in [-0.1, -0.05) is 44.2 Å². The highest BCUT2D eigenvalue weighted by molar-refractivity contribution is 6.18. The third-order valence-electron chi connectivity index (χ3n) is 5.88. The Morgan fingerprint density at radius 2 is 1.77 bits per heavy atom. The van der Waals surface area contributed by atoms with E-state index in [1.807, 2.05) is 44.2 Å². The summed E-state index contributed by atoms with van der Waals surface area (Å²) in [5.74, 6) is -0.712. The van der Waals surface area contributed by atoms with E-state index in [4.69, 9.17) is 19.8 Å². The first-order valence-electron chi connectivity index (χ1n) is 11.8. The molecule has 190 valence electrons. The first kappa shape index (κ1) is 28.4. The molecule has 1 heterocycles. The van der Waals surface area contributed by atoms with Gasteiger partial charge in [-0.05, 0) is 45.6 Å². The Morgan fingerprint density at radius 3 is 2.37 bits per heavy atom. The van der Waals surface area contributed by atoms with Crippen molar-refractivity contribution in [3.63, 3.8) is 0 Å². The van der Waals surface area contributed by atoms with Crippen molar-refractivity contribution < 1.29 is 23.6 Å². The number of benzene rings is 1. The number of nitrogens with one attached hydrogen (secondary N) is 1. The Hall–Kier alpha value is -2.82. The van der Waals surface area contributed by atoms with Gasteiger partial charge in [-0.3, -0.25) is 9.78 Å². The lowest BCUT2D eigenvalue weighted by atomic mass is 9.88. The van der Waals surface area contributed by atoms with E-state index in [1.54, 1.807) is 13.8 Å². The van der Waals surface area contributed by atoms with Crippen LogP contribution in [-0.2, 0) is 25.3 Å². The minimum Gasteiger partial charge on any atom is -0.455 e. The third-order valence-corrected chi connectivity index (χ3v) is 5.88. The zero-order valence-corrected chi connectivity index (χ0v) is 21.5. The molecule has 0 bridgehead atoms. The lowest BCUT2D eigenvalue weighted by Crippen LogP contribution is -2.54. The molecular formula is C25H37BN4O5. The first-order valence-corrected chi connectivity index (χ1v) is 11.8. The molecule has 10 heteroatoms. The van der Waals surface area contributed by atoms with Crippen LogP contribution in [0.4, 0.5) is 0 Å². The minimum atomic E-state index is -1.05. The molecule has 1 aromatic heterocycles. The Balaban J connectivity index is 2.10. The van der Waals surface area contributed by atoms with Gasteiger partial charge in [0.1, 0.15) is 17.3 Å². The van der Waals surface area contributed by atoms with Crippen molar-refractivity contribution in [1.82, 2.24) is 15.3 Å². The van der Waals surface area contributed by atoms with E-state index in [0.717, 1.165) is 5.56 Å². The number of hydrogen-bond acceptors (Lipinski definition) is 8. The molecule has 0 unspecified atom stereocenters. The van der Waals surface area contributed by atoms with Gasteiger partial charge in [-0.15, -0.1) is 0 Å². The van der Waals surface area contributed by atoms with E-state index >= 15 is 0 Å². The highest BCUT2D eigenvalue weighted by atomic mass is 16.6. The normalized spacial score (nSPS) is 13.7. The van der Waals surface area contributed by atoms with Gasteiger partial charge in [-0.2, -0.15) is 0 Å². The van der Waals surface area contributed by atoms with Crippen LogP contribution in [0.15, 0.2) is 48.9 Å². The van der Waals surface area contributed by atoms with Crippen LogP contribution in [0.1, 0.15) is 64.0 Å². The predicted molar refractivity (Wildman–Crippen MR) is 134 cm³/mol. The molecule has 2 aromatic rings. The lowest BCUT2D eigenvalue weighted by Gasteiger charge is -2.41. The SMILES string of the molecule is CC(C)C[C@H](N)OBOC(C)(C)C(C)(C)OC(=O)[C@H](Cc1ccccc1)NC(=O)c1cnccn1. The van der Waals surface area contributed by atoms with Gasteiger partial charge in [0.2, 0.25) is 0 Å². The Morgan fingerprint density at radius 1 is 1.09 bits per heavy atom. The highest BCUT2D eigenvalue weighted by Gasteiger charge is 2.43. The van der Waals surface area contributed by atoms with E-state index < -0.39 is 35.3 Å². The predicted octanol–water partition coefficient (Wildman–Crippen LogP) is 2.55. The van der Waals surface area contributed by atoms with E-state index in [2.05, 4.69) is 29.1 Å².